The molecular weight excluding hydrogens is 270 g/mol. The number of anilines is 1. The Balaban J connectivity index is 2.00. The molecule has 0 aliphatic rings. The summed E-state index contributed by atoms with van der Waals surface area (Å²) in [4.78, 5) is 19.9. The van der Waals surface area contributed by atoms with E-state index < -0.39 is 5.69 Å². The molecule has 3 aromatic rings. The van der Waals surface area contributed by atoms with Crippen LogP contribution in [0.25, 0.3) is 10.9 Å². The van der Waals surface area contributed by atoms with E-state index in [1.54, 1.807) is 11.8 Å². The first-order valence-corrected chi connectivity index (χ1v) is 6.97. The molecule has 0 saturated heterocycles. The van der Waals surface area contributed by atoms with Crippen LogP contribution < -0.4 is 11.4 Å². The molecule has 1 heterocycles. The van der Waals surface area contributed by atoms with Crippen LogP contribution in [0.15, 0.2) is 57.1 Å². The number of rotatable bonds is 2. The summed E-state index contributed by atoms with van der Waals surface area (Å²) in [5, 5.41) is 0.765. The third-order valence-electron chi connectivity index (χ3n) is 2.99. The zero-order valence-corrected chi connectivity index (χ0v) is 11.7. The van der Waals surface area contributed by atoms with Crippen LogP contribution in [0.5, 0.6) is 0 Å². The Hall–Kier alpha value is -2.27. The van der Waals surface area contributed by atoms with Gasteiger partial charge in [0, 0.05) is 15.2 Å². The van der Waals surface area contributed by atoms with E-state index in [9.17, 15) is 4.79 Å². The standard InChI is InChI=1S/C15H13N3OS/c1-9-2-4-10(5-3-9)20-11-6-7-13-12(8-11)14(16)18-15(19)17-13/h2-8H,1H3,(H3,16,17,18,19). The number of aromatic nitrogens is 2. The van der Waals surface area contributed by atoms with Crippen molar-refractivity contribution in [1.29, 1.82) is 0 Å². The molecule has 5 heteroatoms. The Morgan fingerprint density at radius 2 is 1.80 bits per heavy atom. The minimum Gasteiger partial charge on any atom is -0.383 e. The van der Waals surface area contributed by atoms with Crippen LogP contribution >= 0.6 is 11.8 Å². The molecule has 0 radical (unpaired) electrons. The molecule has 0 aliphatic heterocycles. The first-order valence-electron chi connectivity index (χ1n) is 6.16. The van der Waals surface area contributed by atoms with E-state index in [1.165, 1.54) is 5.56 Å². The zero-order chi connectivity index (χ0) is 14.1. The summed E-state index contributed by atoms with van der Waals surface area (Å²) < 4.78 is 0. The summed E-state index contributed by atoms with van der Waals surface area (Å²) in [6, 6.07) is 14.1. The van der Waals surface area contributed by atoms with Gasteiger partial charge >= 0.3 is 5.69 Å². The van der Waals surface area contributed by atoms with E-state index in [4.69, 9.17) is 5.73 Å². The van der Waals surface area contributed by atoms with Crippen LogP contribution in [0, 0.1) is 6.92 Å². The Labute approximate surface area is 120 Å². The van der Waals surface area contributed by atoms with Crippen molar-refractivity contribution in [3.63, 3.8) is 0 Å². The van der Waals surface area contributed by atoms with Crippen molar-refractivity contribution in [2.45, 2.75) is 16.7 Å². The second kappa shape index (κ2) is 5.02. The lowest BCUT2D eigenvalue weighted by molar-refractivity contribution is 1.12. The van der Waals surface area contributed by atoms with E-state index >= 15 is 0 Å². The number of hydrogen-bond donors (Lipinski definition) is 2. The fourth-order valence-corrected chi connectivity index (χ4v) is 2.82. The molecule has 100 valence electrons. The second-order valence-electron chi connectivity index (χ2n) is 4.55. The van der Waals surface area contributed by atoms with Crippen molar-refractivity contribution in [1.82, 2.24) is 9.97 Å². The Bertz CT molecular complexity index is 825. The van der Waals surface area contributed by atoms with Crippen molar-refractivity contribution in [2.75, 3.05) is 5.73 Å². The normalized spacial score (nSPS) is 10.8. The average molecular weight is 283 g/mol. The summed E-state index contributed by atoms with van der Waals surface area (Å²) in [6.45, 7) is 2.06. The predicted octanol–water partition coefficient (Wildman–Crippen LogP) is 2.96. The molecule has 2 aromatic carbocycles. The number of aryl methyl sites for hydroxylation is 1. The molecule has 0 amide bonds. The van der Waals surface area contributed by atoms with Gasteiger partial charge in [0.2, 0.25) is 0 Å². The lowest BCUT2D eigenvalue weighted by atomic mass is 10.2. The molecule has 3 rings (SSSR count). The number of hydrogen-bond acceptors (Lipinski definition) is 4. The minimum absolute atomic E-state index is 0.259. The number of benzene rings is 2. The van der Waals surface area contributed by atoms with Gasteiger partial charge in [0.05, 0.1) is 5.52 Å². The topological polar surface area (TPSA) is 71.8 Å². The molecule has 0 spiro atoms. The van der Waals surface area contributed by atoms with E-state index in [1.807, 2.05) is 18.2 Å². The van der Waals surface area contributed by atoms with Gasteiger partial charge in [-0.25, -0.2) is 4.79 Å². The highest BCUT2D eigenvalue weighted by molar-refractivity contribution is 7.99. The molecule has 0 saturated carbocycles. The Kier molecular flexibility index (Phi) is 3.20. The molecule has 0 fully saturated rings. The third-order valence-corrected chi connectivity index (χ3v) is 3.98. The van der Waals surface area contributed by atoms with Crippen LogP contribution in [0.4, 0.5) is 5.82 Å². The second-order valence-corrected chi connectivity index (χ2v) is 5.70. The SMILES string of the molecule is Cc1ccc(Sc2ccc3[nH]c(=O)nc(N)c3c2)cc1. The fraction of sp³-hybridized carbons (Fsp3) is 0.0667. The van der Waals surface area contributed by atoms with E-state index in [2.05, 4.69) is 41.2 Å². The largest absolute Gasteiger partial charge is 0.383 e. The molecule has 0 unspecified atom stereocenters. The first-order chi connectivity index (χ1) is 9.61. The quantitative estimate of drug-likeness (QED) is 0.758. The number of fused-ring (bicyclic) bond motifs is 1. The van der Waals surface area contributed by atoms with Crippen LogP contribution in [0.2, 0.25) is 0 Å². The number of nitrogens with zero attached hydrogens (tertiary/aromatic N) is 1. The highest BCUT2D eigenvalue weighted by Crippen LogP contribution is 2.30. The number of aromatic amines is 1. The summed E-state index contributed by atoms with van der Waals surface area (Å²) in [7, 11) is 0. The monoisotopic (exact) mass is 283 g/mol. The third kappa shape index (κ3) is 2.53. The lowest BCUT2D eigenvalue weighted by Crippen LogP contribution is -2.12. The average Bonchev–Trinajstić information content (AvgIpc) is 2.42. The van der Waals surface area contributed by atoms with Gasteiger partial charge in [0.25, 0.3) is 0 Å². The van der Waals surface area contributed by atoms with Crippen molar-refractivity contribution >= 4 is 28.5 Å². The number of H-pyrrole nitrogens is 1. The maximum Gasteiger partial charge on any atom is 0.347 e. The Morgan fingerprint density at radius 1 is 1.10 bits per heavy atom. The van der Waals surface area contributed by atoms with Gasteiger partial charge < -0.3 is 10.7 Å². The maximum atomic E-state index is 11.3. The molecule has 20 heavy (non-hydrogen) atoms. The fourth-order valence-electron chi connectivity index (χ4n) is 1.96. The highest BCUT2D eigenvalue weighted by atomic mass is 32.2. The van der Waals surface area contributed by atoms with Gasteiger partial charge in [0.15, 0.2) is 0 Å². The van der Waals surface area contributed by atoms with Crippen molar-refractivity contribution < 1.29 is 0 Å². The van der Waals surface area contributed by atoms with Gasteiger partial charge in [-0.2, -0.15) is 4.98 Å². The maximum absolute atomic E-state index is 11.3. The molecule has 0 bridgehead atoms. The van der Waals surface area contributed by atoms with Gasteiger partial charge in [-0.3, -0.25) is 0 Å². The molecule has 3 N–H and O–H groups in total. The van der Waals surface area contributed by atoms with Crippen LogP contribution in [-0.4, -0.2) is 9.97 Å². The smallest absolute Gasteiger partial charge is 0.347 e. The predicted molar refractivity (Wildman–Crippen MR) is 82.1 cm³/mol. The molecule has 0 aliphatic carbocycles. The first kappa shape index (κ1) is 12.7. The van der Waals surface area contributed by atoms with E-state index in [0.717, 1.165) is 15.2 Å². The molecule has 0 atom stereocenters. The summed E-state index contributed by atoms with van der Waals surface area (Å²) >= 11 is 1.65. The van der Waals surface area contributed by atoms with Gasteiger partial charge in [-0.05, 0) is 37.3 Å². The number of nitrogens with two attached hydrogens (primary N) is 1. The minimum atomic E-state index is -0.422. The zero-order valence-electron chi connectivity index (χ0n) is 10.9. The van der Waals surface area contributed by atoms with Crippen molar-refractivity contribution in [3.05, 3.63) is 58.5 Å². The summed E-state index contributed by atoms with van der Waals surface area (Å²) in [5.74, 6) is 0.259. The molecule has 1 aromatic heterocycles. The van der Waals surface area contributed by atoms with E-state index in [-0.39, 0.29) is 5.82 Å². The lowest BCUT2D eigenvalue weighted by Gasteiger charge is -2.05. The van der Waals surface area contributed by atoms with Crippen molar-refractivity contribution in [2.24, 2.45) is 0 Å². The van der Waals surface area contributed by atoms with Crippen LogP contribution in [-0.2, 0) is 0 Å². The van der Waals surface area contributed by atoms with Crippen LogP contribution in [0.1, 0.15) is 5.56 Å². The van der Waals surface area contributed by atoms with Gasteiger partial charge in [0.1, 0.15) is 5.82 Å². The summed E-state index contributed by atoms with van der Waals surface area (Å²) in [5.41, 5.74) is 7.32. The number of nitrogens with one attached hydrogen (secondary N) is 1. The van der Waals surface area contributed by atoms with Gasteiger partial charge in [-0.15, -0.1) is 0 Å². The highest BCUT2D eigenvalue weighted by Gasteiger charge is 2.04. The number of nitrogen functional groups attached to an aromatic ring is 1. The van der Waals surface area contributed by atoms with Gasteiger partial charge in [-0.1, -0.05) is 29.5 Å². The van der Waals surface area contributed by atoms with Crippen molar-refractivity contribution in [3.8, 4) is 0 Å². The van der Waals surface area contributed by atoms with E-state index in [0.29, 0.717) is 5.52 Å². The molecular formula is C15H13N3OS. The van der Waals surface area contributed by atoms with Crippen LogP contribution in [0.3, 0.4) is 0 Å². The molecule has 4 nitrogen and oxygen atoms in total. The Morgan fingerprint density at radius 3 is 2.55 bits per heavy atom. The summed E-state index contributed by atoms with van der Waals surface area (Å²) in [6.07, 6.45) is 0.